The van der Waals surface area contributed by atoms with E-state index in [1.807, 2.05) is 30.3 Å². The van der Waals surface area contributed by atoms with E-state index in [-0.39, 0.29) is 11.7 Å². The summed E-state index contributed by atoms with van der Waals surface area (Å²) in [6.07, 6.45) is 1.66. The van der Waals surface area contributed by atoms with Gasteiger partial charge in [-0.05, 0) is 18.2 Å². The molecule has 1 amide bonds. The summed E-state index contributed by atoms with van der Waals surface area (Å²) in [5, 5.41) is 3.82. The lowest BCUT2D eigenvalue weighted by Crippen LogP contribution is -2.13. The Kier molecular flexibility index (Phi) is 5.00. The van der Waals surface area contributed by atoms with Gasteiger partial charge < -0.3 is 9.73 Å². The topological polar surface area (TPSA) is 55.1 Å². The fraction of sp³-hybridized carbons (Fsp3) is 0.0588. The molecule has 23 heavy (non-hydrogen) atoms. The zero-order valence-electron chi connectivity index (χ0n) is 12.0. The number of carbonyl (C=O) groups excluding carboxylic acids is 1. The number of carbonyl (C=O) groups is 1. The minimum atomic E-state index is -0.142. The van der Waals surface area contributed by atoms with Crippen molar-refractivity contribution in [2.45, 2.75) is 5.22 Å². The largest absolute Gasteiger partial charge is 0.431 e. The summed E-state index contributed by atoms with van der Waals surface area (Å²) in [6, 6.07) is 16.7. The Balaban J connectivity index is 1.56. The predicted octanol–water partition coefficient (Wildman–Crippen LogP) is 4.73. The van der Waals surface area contributed by atoms with Crippen molar-refractivity contribution in [3.8, 4) is 11.3 Å². The number of anilines is 1. The summed E-state index contributed by atoms with van der Waals surface area (Å²) >= 11 is 7.13. The van der Waals surface area contributed by atoms with Crippen LogP contribution < -0.4 is 5.32 Å². The first-order valence-corrected chi connectivity index (χ1v) is 8.26. The molecule has 0 bridgehead atoms. The second-order valence-electron chi connectivity index (χ2n) is 4.70. The molecular formula is C17H13ClN2O2S. The molecule has 1 N–H and O–H groups in total. The maximum absolute atomic E-state index is 11.9. The van der Waals surface area contributed by atoms with Crippen molar-refractivity contribution in [3.63, 3.8) is 0 Å². The highest BCUT2D eigenvalue weighted by molar-refractivity contribution is 7.99. The number of nitrogens with one attached hydrogen (secondary N) is 1. The first-order valence-electron chi connectivity index (χ1n) is 6.90. The SMILES string of the molecule is O=C(CSc1ncc(-c2ccccc2)o1)Nc1cccc(Cl)c1. The van der Waals surface area contributed by atoms with E-state index in [0.717, 1.165) is 5.56 Å². The number of hydrogen-bond acceptors (Lipinski definition) is 4. The lowest BCUT2D eigenvalue weighted by Gasteiger charge is -2.04. The quantitative estimate of drug-likeness (QED) is 0.680. The molecule has 0 aliphatic carbocycles. The molecule has 4 nitrogen and oxygen atoms in total. The fourth-order valence-electron chi connectivity index (χ4n) is 1.95. The number of halogens is 1. The molecule has 0 aliphatic heterocycles. The predicted molar refractivity (Wildman–Crippen MR) is 92.7 cm³/mol. The third-order valence-electron chi connectivity index (χ3n) is 2.98. The van der Waals surface area contributed by atoms with E-state index in [1.54, 1.807) is 30.5 Å². The third-order valence-corrected chi connectivity index (χ3v) is 4.06. The molecule has 0 fully saturated rings. The summed E-state index contributed by atoms with van der Waals surface area (Å²) in [5.74, 6) is 0.751. The Hall–Kier alpha value is -2.24. The first kappa shape index (κ1) is 15.6. The zero-order chi connectivity index (χ0) is 16.1. The highest BCUT2D eigenvalue weighted by Gasteiger charge is 2.09. The van der Waals surface area contributed by atoms with Crippen molar-refractivity contribution < 1.29 is 9.21 Å². The van der Waals surface area contributed by atoms with Gasteiger partial charge in [-0.15, -0.1) is 0 Å². The Labute approximate surface area is 142 Å². The maximum atomic E-state index is 11.9. The highest BCUT2D eigenvalue weighted by atomic mass is 35.5. The number of amides is 1. The monoisotopic (exact) mass is 344 g/mol. The molecule has 2 aromatic carbocycles. The van der Waals surface area contributed by atoms with Gasteiger partial charge in [-0.25, -0.2) is 4.98 Å². The van der Waals surface area contributed by atoms with Gasteiger partial charge in [-0.2, -0.15) is 0 Å². The molecule has 0 spiro atoms. The molecule has 3 aromatic rings. The molecule has 0 unspecified atom stereocenters. The van der Waals surface area contributed by atoms with E-state index in [4.69, 9.17) is 16.0 Å². The van der Waals surface area contributed by atoms with Gasteiger partial charge in [-0.1, -0.05) is 59.8 Å². The summed E-state index contributed by atoms with van der Waals surface area (Å²) in [7, 11) is 0. The molecule has 3 rings (SSSR count). The van der Waals surface area contributed by atoms with Gasteiger partial charge >= 0.3 is 0 Å². The Morgan fingerprint density at radius 1 is 1.17 bits per heavy atom. The second-order valence-corrected chi connectivity index (χ2v) is 6.07. The van der Waals surface area contributed by atoms with E-state index in [2.05, 4.69) is 10.3 Å². The summed E-state index contributed by atoms with van der Waals surface area (Å²) in [6.45, 7) is 0. The van der Waals surface area contributed by atoms with Gasteiger partial charge in [0, 0.05) is 16.3 Å². The molecule has 1 heterocycles. The number of hydrogen-bond donors (Lipinski definition) is 1. The Morgan fingerprint density at radius 3 is 2.78 bits per heavy atom. The van der Waals surface area contributed by atoms with Crippen LogP contribution in [-0.2, 0) is 4.79 Å². The van der Waals surface area contributed by atoms with Crippen LogP contribution in [0, 0.1) is 0 Å². The van der Waals surface area contributed by atoms with Crippen LogP contribution in [-0.4, -0.2) is 16.6 Å². The standard InChI is InChI=1S/C17H13ClN2O2S/c18-13-7-4-8-14(9-13)20-16(21)11-23-17-19-10-15(22-17)12-5-2-1-3-6-12/h1-10H,11H2,(H,20,21). The number of thioether (sulfide) groups is 1. The molecule has 0 saturated heterocycles. The molecule has 0 radical (unpaired) electrons. The Morgan fingerprint density at radius 2 is 2.00 bits per heavy atom. The van der Waals surface area contributed by atoms with Crippen LogP contribution >= 0.6 is 23.4 Å². The molecule has 1 aromatic heterocycles. The maximum Gasteiger partial charge on any atom is 0.256 e. The van der Waals surface area contributed by atoms with E-state index in [0.29, 0.717) is 21.7 Å². The number of rotatable bonds is 5. The lowest BCUT2D eigenvalue weighted by atomic mass is 10.2. The zero-order valence-corrected chi connectivity index (χ0v) is 13.6. The molecule has 6 heteroatoms. The van der Waals surface area contributed by atoms with Crippen LogP contribution in [0.15, 0.2) is 70.4 Å². The van der Waals surface area contributed by atoms with Gasteiger partial charge in [-0.3, -0.25) is 4.79 Å². The van der Waals surface area contributed by atoms with Crippen LogP contribution in [0.25, 0.3) is 11.3 Å². The normalized spacial score (nSPS) is 10.5. The van der Waals surface area contributed by atoms with Crippen LogP contribution in [0.2, 0.25) is 5.02 Å². The molecule has 0 atom stereocenters. The molecule has 0 aliphatic rings. The number of oxazole rings is 1. The van der Waals surface area contributed by atoms with Gasteiger partial charge in [0.25, 0.3) is 5.22 Å². The lowest BCUT2D eigenvalue weighted by molar-refractivity contribution is -0.113. The van der Waals surface area contributed by atoms with Crippen molar-refractivity contribution >= 4 is 35.0 Å². The van der Waals surface area contributed by atoms with Crippen molar-refractivity contribution in [2.24, 2.45) is 0 Å². The minimum absolute atomic E-state index is 0.142. The Bertz CT molecular complexity index is 805. The highest BCUT2D eigenvalue weighted by Crippen LogP contribution is 2.25. The summed E-state index contributed by atoms with van der Waals surface area (Å²) in [4.78, 5) is 16.1. The summed E-state index contributed by atoms with van der Waals surface area (Å²) < 4.78 is 5.64. The van der Waals surface area contributed by atoms with Crippen molar-refractivity contribution in [3.05, 3.63) is 65.8 Å². The van der Waals surface area contributed by atoms with E-state index in [1.165, 1.54) is 11.8 Å². The number of benzene rings is 2. The second kappa shape index (κ2) is 7.35. The average Bonchev–Trinajstić information content (AvgIpc) is 3.03. The smallest absolute Gasteiger partial charge is 0.256 e. The van der Waals surface area contributed by atoms with Gasteiger partial charge in [0.15, 0.2) is 5.76 Å². The van der Waals surface area contributed by atoms with Gasteiger partial charge in [0.2, 0.25) is 5.91 Å². The van der Waals surface area contributed by atoms with Crippen molar-refractivity contribution in [2.75, 3.05) is 11.1 Å². The number of aromatic nitrogens is 1. The van der Waals surface area contributed by atoms with Crippen molar-refractivity contribution in [1.29, 1.82) is 0 Å². The third kappa shape index (κ3) is 4.37. The van der Waals surface area contributed by atoms with E-state index >= 15 is 0 Å². The summed E-state index contributed by atoms with van der Waals surface area (Å²) in [5.41, 5.74) is 1.62. The van der Waals surface area contributed by atoms with Crippen LogP contribution in [0.4, 0.5) is 5.69 Å². The van der Waals surface area contributed by atoms with Gasteiger partial charge in [0.05, 0.1) is 11.9 Å². The molecule has 0 saturated carbocycles. The van der Waals surface area contributed by atoms with Gasteiger partial charge in [0.1, 0.15) is 0 Å². The van der Waals surface area contributed by atoms with Crippen LogP contribution in [0.5, 0.6) is 0 Å². The van der Waals surface area contributed by atoms with Crippen molar-refractivity contribution in [1.82, 2.24) is 4.98 Å². The number of nitrogens with zero attached hydrogens (tertiary/aromatic N) is 1. The molecular weight excluding hydrogens is 332 g/mol. The first-order chi connectivity index (χ1) is 11.2. The fourth-order valence-corrected chi connectivity index (χ4v) is 2.74. The minimum Gasteiger partial charge on any atom is -0.431 e. The molecule has 116 valence electrons. The van der Waals surface area contributed by atoms with E-state index in [9.17, 15) is 4.79 Å². The van der Waals surface area contributed by atoms with Crippen LogP contribution in [0.3, 0.4) is 0 Å². The average molecular weight is 345 g/mol. The van der Waals surface area contributed by atoms with Crippen LogP contribution in [0.1, 0.15) is 0 Å². The van der Waals surface area contributed by atoms with E-state index < -0.39 is 0 Å².